The monoisotopic (exact) mass is 219 g/mol. The minimum Gasteiger partial charge on any atom is -0.420 e. The van der Waals surface area contributed by atoms with Crippen LogP contribution >= 0.6 is 11.3 Å². The van der Waals surface area contributed by atoms with Crippen LogP contribution in [0.4, 0.5) is 5.69 Å². The van der Waals surface area contributed by atoms with Gasteiger partial charge in [0.2, 0.25) is 0 Å². The normalized spacial score (nSPS) is 9.87. The van der Waals surface area contributed by atoms with Gasteiger partial charge in [0.25, 0.3) is 0 Å². The van der Waals surface area contributed by atoms with Gasteiger partial charge in [0.1, 0.15) is 0 Å². The summed E-state index contributed by atoms with van der Waals surface area (Å²) in [7, 11) is 0. The molecule has 2 rings (SSSR count). The van der Waals surface area contributed by atoms with E-state index in [0.29, 0.717) is 17.0 Å². The van der Waals surface area contributed by atoms with Gasteiger partial charge in [0.05, 0.1) is 11.3 Å². The zero-order valence-corrected chi connectivity index (χ0v) is 8.66. The maximum absolute atomic E-state index is 11.6. The molecule has 0 fully saturated rings. The van der Waals surface area contributed by atoms with Crippen molar-refractivity contribution in [1.82, 2.24) is 0 Å². The number of rotatable bonds is 2. The molecule has 1 heterocycles. The molecule has 15 heavy (non-hydrogen) atoms. The number of nitrogen functional groups attached to an aromatic ring is 1. The van der Waals surface area contributed by atoms with Crippen molar-refractivity contribution in [3.63, 3.8) is 0 Å². The molecule has 0 atom stereocenters. The summed E-state index contributed by atoms with van der Waals surface area (Å²) in [6.07, 6.45) is 0. The van der Waals surface area contributed by atoms with E-state index in [9.17, 15) is 4.79 Å². The van der Waals surface area contributed by atoms with Crippen molar-refractivity contribution in [2.24, 2.45) is 0 Å². The Bertz CT molecular complexity index is 464. The lowest BCUT2D eigenvalue weighted by Crippen LogP contribution is -2.08. The second kappa shape index (κ2) is 4.14. The van der Waals surface area contributed by atoms with Gasteiger partial charge in [-0.2, -0.15) is 0 Å². The Hall–Kier alpha value is -1.81. The maximum Gasteiger partial charge on any atom is 0.343 e. The third-order valence-corrected chi connectivity index (χ3v) is 2.61. The van der Waals surface area contributed by atoms with Gasteiger partial charge in [-0.25, -0.2) is 4.79 Å². The highest BCUT2D eigenvalue weighted by molar-refractivity contribution is 7.08. The smallest absolute Gasteiger partial charge is 0.343 e. The minimum absolute atomic E-state index is 0.388. The van der Waals surface area contributed by atoms with E-state index >= 15 is 0 Å². The summed E-state index contributed by atoms with van der Waals surface area (Å²) in [6, 6.07) is 8.81. The second-order valence-electron chi connectivity index (χ2n) is 2.95. The molecule has 0 aliphatic rings. The van der Waals surface area contributed by atoms with E-state index in [1.807, 2.05) is 6.07 Å². The molecule has 0 spiro atoms. The van der Waals surface area contributed by atoms with Crippen molar-refractivity contribution in [3.05, 3.63) is 46.7 Å². The molecule has 0 aliphatic carbocycles. The minimum atomic E-state index is -0.388. The summed E-state index contributed by atoms with van der Waals surface area (Å²) in [5.74, 6) is 0.0366. The highest BCUT2D eigenvalue weighted by atomic mass is 32.1. The summed E-state index contributed by atoms with van der Waals surface area (Å²) in [4.78, 5) is 11.6. The zero-order chi connectivity index (χ0) is 10.7. The Morgan fingerprint density at radius 3 is 2.53 bits per heavy atom. The molecular formula is C11H9NO2S. The molecule has 1 aromatic carbocycles. The lowest BCUT2D eigenvalue weighted by atomic mass is 10.2. The van der Waals surface area contributed by atoms with E-state index < -0.39 is 0 Å². The summed E-state index contributed by atoms with van der Waals surface area (Å²) in [5.41, 5.74) is 6.61. The van der Waals surface area contributed by atoms with Crippen molar-refractivity contribution in [2.75, 3.05) is 5.73 Å². The van der Waals surface area contributed by atoms with Gasteiger partial charge >= 0.3 is 5.97 Å². The van der Waals surface area contributed by atoms with Crippen LogP contribution in [-0.2, 0) is 0 Å². The van der Waals surface area contributed by atoms with Gasteiger partial charge in [-0.1, -0.05) is 18.2 Å². The second-order valence-corrected chi connectivity index (χ2v) is 3.69. The first-order valence-corrected chi connectivity index (χ1v) is 5.30. The Morgan fingerprint density at radius 1 is 1.20 bits per heavy atom. The van der Waals surface area contributed by atoms with Crippen molar-refractivity contribution < 1.29 is 9.53 Å². The standard InChI is InChI=1S/C11H9NO2S/c12-9-6-15-7-10(9)14-11(13)8-4-2-1-3-5-8/h1-7H,12H2. The van der Waals surface area contributed by atoms with Gasteiger partial charge in [-0.05, 0) is 12.1 Å². The number of carbonyl (C=O) groups is 1. The van der Waals surface area contributed by atoms with Gasteiger partial charge in [0, 0.05) is 10.8 Å². The van der Waals surface area contributed by atoms with E-state index in [4.69, 9.17) is 10.5 Å². The first kappa shape index (κ1) is 9.73. The Labute approximate surface area is 91.1 Å². The van der Waals surface area contributed by atoms with Crippen LogP contribution in [0.2, 0.25) is 0 Å². The van der Waals surface area contributed by atoms with Crippen LogP contribution in [0.15, 0.2) is 41.1 Å². The number of ether oxygens (including phenoxy) is 1. The van der Waals surface area contributed by atoms with Gasteiger partial charge in [-0.15, -0.1) is 11.3 Å². The zero-order valence-electron chi connectivity index (χ0n) is 7.84. The van der Waals surface area contributed by atoms with E-state index in [0.717, 1.165) is 0 Å². The van der Waals surface area contributed by atoms with E-state index in [1.54, 1.807) is 35.0 Å². The highest BCUT2D eigenvalue weighted by Crippen LogP contribution is 2.26. The summed E-state index contributed by atoms with van der Waals surface area (Å²) >= 11 is 1.40. The molecule has 4 heteroatoms. The number of esters is 1. The van der Waals surface area contributed by atoms with E-state index in [2.05, 4.69) is 0 Å². The third kappa shape index (κ3) is 2.16. The molecule has 2 aromatic rings. The molecule has 0 aliphatic heterocycles. The molecule has 76 valence electrons. The Kier molecular flexibility index (Phi) is 2.69. The van der Waals surface area contributed by atoms with Crippen molar-refractivity contribution in [2.45, 2.75) is 0 Å². The van der Waals surface area contributed by atoms with Crippen molar-refractivity contribution in [3.8, 4) is 5.75 Å². The van der Waals surface area contributed by atoms with E-state index in [-0.39, 0.29) is 5.97 Å². The molecule has 0 radical (unpaired) electrons. The maximum atomic E-state index is 11.6. The average molecular weight is 219 g/mol. The number of thiophene rings is 1. The molecule has 0 unspecified atom stereocenters. The van der Waals surface area contributed by atoms with Crippen LogP contribution in [0.3, 0.4) is 0 Å². The fraction of sp³-hybridized carbons (Fsp3) is 0. The Morgan fingerprint density at radius 2 is 1.93 bits per heavy atom. The fourth-order valence-corrected chi connectivity index (χ4v) is 1.75. The molecule has 2 N–H and O–H groups in total. The van der Waals surface area contributed by atoms with Crippen molar-refractivity contribution in [1.29, 1.82) is 0 Å². The van der Waals surface area contributed by atoms with Crippen LogP contribution in [0.5, 0.6) is 5.75 Å². The number of hydrogen-bond donors (Lipinski definition) is 1. The average Bonchev–Trinajstić information content (AvgIpc) is 2.66. The summed E-state index contributed by atoms with van der Waals surface area (Å²) in [6.45, 7) is 0. The Balaban J connectivity index is 2.15. The van der Waals surface area contributed by atoms with Crippen LogP contribution in [0.25, 0.3) is 0 Å². The summed E-state index contributed by atoms with van der Waals surface area (Å²) in [5, 5.41) is 3.43. The SMILES string of the molecule is Nc1cscc1OC(=O)c1ccccc1. The number of benzene rings is 1. The van der Waals surface area contributed by atoms with E-state index in [1.165, 1.54) is 11.3 Å². The molecule has 0 saturated carbocycles. The lowest BCUT2D eigenvalue weighted by Gasteiger charge is -2.02. The predicted octanol–water partition coefficient (Wildman–Crippen LogP) is 2.55. The predicted molar refractivity (Wildman–Crippen MR) is 60.1 cm³/mol. The van der Waals surface area contributed by atoms with Gasteiger partial charge in [-0.3, -0.25) is 0 Å². The number of carbonyl (C=O) groups excluding carboxylic acids is 1. The molecular weight excluding hydrogens is 210 g/mol. The molecule has 1 aromatic heterocycles. The largest absolute Gasteiger partial charge is 0.420 e. The van der Waals surface area contributed by atoms with Crippen LogP contribution in [0, 0.1) is 0 Å². The van der Waals surface area contributed by atoms with Crippen LogP contribution < -0.4 is 10.5 Å². The first-order chi connectivity index (χ1) is 7.27. The number of nitrogens with two attached hydrogens (primary N) is 1. The lowest BCUT2D eigenvalue weighted by molar-refractivity contribution is 0.0736. The van der Waals surface area contributed by atoms with Crippen molar-refractivity contribution >= 4 is 23.0 Å². The quantitative estimate of drug-likeness (QED) is 0.790. The van der Waals surface area contributed by atoms with Crippen LogP contribution in [0.1, 0.15) is 10.4 Å². The number of anilines is 1. The summed E-state index contributed by atoms with van der Waals surface area (Å²) < 4.78 is 5.12. The topological polar surface area (TPSA) is 52.3 Å². The molecule has 0 bridgehead atoms. The van der Waals surface area contributed by atoms with Gasteiger partial charge in [0.15, 0.2) is 5.75 Å². The fourth-order valence-electron chi connectivity index (χ4n) is 1.11. The van der Waals surface area contributed by atoms with Crippen LogP contribution in [-0.4, -0.2) is 5.97 Å². The molecule has 3 nitrogen and oxygen atoms in total. The first-order valence-electron chi connectivity index (χ1n) is 4.36. The molecule has 0 amide bonds. The number of hydrogen-bond acceptors (Lipinski definition) is 4. The van der Waals surface area contributed by atoms with Gasteiger partial charge < -0.3 is 10.5 Å². The highest BCUT2D eigenvalue weighted by Gasteiger charge is 2.10. The third-order valence-electron chi connectivity index (χ3n) is 1.87. The molecule has 0 saturated heterocycles.